The first-order valence-electron chi connectivity index (χ1n) is 7.29. The van der Waals surface area contributed by atoms with Crippen LogP contribution in [0.1, 0.15) is 35.2 Å². The Bertz CT molecular complexity index is 699. The van der Waals surface area contributed by atoms with Gasteiger partial charge in [-0.05, 0) is 30.5 Å². The second-order valence-electron chi connectivity index (χ2n) is 5.51. The molecule has 2 unspecified atom stereocenters. The van der Waals surface area contributed by atoms with Gasteiger partial charge in [-0.3, -0.25) is 5.43 Å². The fraction of sp³-hybridized carbons (Fsp3) is 0.235. The monoisotopic (exact) mass is 314 g/mol. The molecule has 0 saturated heterocycles. The van der Waals surface area contributed by atoms with Crippen molar-refractivity contribution in [2.75, 3.05) is 0 Å². The molecule has 2 aromatic rings. The Labute approximate surface area is 135 Å². The molecule has 22 heavy (non-hydrogen) atoms. The average Bonchev–Trinajstić information content (AvgIpc) is 2.55. The fourth-order valence-electron chi connectivity index (χ4n) is 2.82. The van der Waals surface area contributed by atoms with E-state index in [0.29, 0.717) is 5.96 Å². The zero-order valence-electron chi connectivity index (χ0n) is 12.4. The van der Waals surface area contributed by atoms with E-state index in [1.54, 1.807) is 0 Å². The number of guanidine groups is 1. The predicted octanol–water partition coefficient (Wildman–Crippen LogP) is 3.24. The molecule has 0 saturated carbocycles. The molecule has 2 aromatic carbocycles. The Morgan fingerprint density at radius 3 is 2.77 bits per heavy atom. The lowest BCUT2D eigenvalue weighted by atomic mass is 9.93. The van der Waals surface area contributed by atoms with E-state index in [0.717, 1.165) is 17.0 Å². The van der Waals surface area contributed by atoms with E-state index in [-0.39, 0.29) is 12.1 Å². The fourth-order valence-corrected chi connectivity index (χ4v) is 3.09. The van der Waals surface area contributed by atoms with Crippen LogP contribution in [-0.4, -0.2) is 5.96 Å². The third-order valence-electron chi connectivity index (χ3n) is 3.90. The van der Waals surface area contributed by atoms with Gasteiger partial charge in [0.2, 0.25) is 5.96 Å². The van der Waals surface area contributed by atoms with Crippen LogP contribution in [0.4, 0.5) is 0 Å². The van der Waals surface area contributed by atoms with Crippen LogP contribution in [0.3, 0.4) is 0 Å². The largest absolute Gasteiger partial charge is 0.348 e. The Kier molecular flexibility index (Phi) is 4.32. The summed E-state index contributed by atoms with van der Waals surface area (Å²) in [4.78, 5) is 4.64. The molecule has 0 bridgehead atoms. The van der Waals surface area contributed by atoms with Gasteiger partial charge < -0.3 is 5.32 Å². The van der Waals surface area contributed by atoms with E-state index in [4.69, 9.17) is 17.4 Å². The molecule has 0 aromatic heterocycles. The quantitative estimate of drug-likeness (QED) is 0.589. The number of nitrogens with one attached hydrogen (secondary N) is 2. The van der Waals surface area contributed by atoms with Crippen molar-refractivity contribution in [3.8, 4) is 0 Å². The van der Waals surface area contributed by atoms with Gasteiger partial charge in [0, 0.05) is 5.02 Å². The number of nitrogens with zero attached hydrogens (tertiary/aromatic N) is 1. The van der Waals surface area contributed by atoms with E-state index in [1.165, 1.54) is 11.1 Å². The third kappa shape index (κ3) is 3.08. The molecule has 1 heterocycles. The third-order valence-corrected chi connectivity index (χ3v) is 4.24. The highest BCUT2D eigenvalue weighted by molar-refractivity contribution is 6.31. The van der Waals surface area contributed by atoms with Gasteiger partial charge in [-0.25, -0.2) is 10.8 Å². The van der Waals surface area contributed by atoms with Gasteiger partial charge in [0.1, 0.15) is 0 Å². The molecule has 3 rings (SSSR count). The second-order valence-corrected chi connectivity index (χ2v) is 5.91. The number of rotatable bonds is 2. The second kappa shape index (κ2) is 6.38. The van der Waals surface area contributed by atoms with Crippen LogP contribution in [0, 0.1) is 6.92 Å². The minimum Gasteiger partial charge on any atom is -0.348 e. The molecule has 4 nitrogen and oxygen atoms in total. The first-order valence-corrected chi connectivity index (χ1v) is 7.67. The van der Waals surface area contributed by atoms with Crippen LogP contribution < -0.4 is 16.6 Å². The van der Waals surface area contributed by atoms with Crippen molar-refractivity contribution in [3.05, 3.63) is 70.2 Å². The van der Waals surface area contributed by atoms with Crippen LogP contribution >= 0.6 is 11.6 Å². The summed E-state index contributed by atoms with van der Waals surface area (Å²) in [5, 5.41) is 4.06. The standard InChI is InChI=1S/C17H19ClN4/c1-11-5-4-6-12(9-11)15-10-16(21-17(20-15)22-19)13-7-2-3-8-14(13)18/h2-9,15-16H,10,19H2,1H3,(H2,20,21,22). The number of halogens is 1. The van der Waals surface area contributed by atoms with E-state index in [9.17, 15) is 0 Å². The molecule has 0 radical (unpaired) electrons. The van der Waals surface area contributed by atoms with Crippen molar-refractivity contribution in [2.24, 2.45) is 10.8 Å². The number of benzene rings is 2. The van der Waals surface area contributed by atoms with Gasteiger partial charge in [-0.1, -0.05) is 59.6 Å². The van der Waals surface area contributed by atoms with E-state index in [1.807, 2.05) is 24.3 Å². The zero-order valence-corrected chi connectivity index (χ0v) is 13.1. The molecule has 114 valence electrons. The lowest BCUT2D eigenvalue weighted by molar-refractivity contribution is 0.479. The summed E-state index contributed by atoms with van der Waals surface area (Å²) in [7, 11) is 0. The van der Waals surface area contributed by atoms with Crippen LogP contribution in [0.2, 0.25) is 5.02 Å². The molecular weight excluding hydrogens is 296 g/mol. The van der Waals surface area contributed by atoms with Gasteiger partial charge >= 0.3 is 0 Å². The van der Waals surface area contributed by atoms with Crippen molar-refractivity contribution in [1.29, 1.82) is 0 Å². The maximum absolute atomic E-state index is 6.34. The lowest BCUT2D eigenvalue weighted by Gasteiger charge is -2.30. The maximum atomic E-state index is 6.34. The summed E-state index contributed by atoms with van der Waals surface area (Å²) in [5.74, 6) is 6.16. The van der Waals surface area contributed by atoms with Crippen LogP contribution in [0.25, 0.3) is 0 Å². The molecule has 1 aliphatic rings. The van der Waals surface area contributed by atoms with E-state index in [2.05, 4.69) is 46.9 Å². The Morgan fingerprint density at radius 2 is 2.05 bits per heavy atom. The Hall–Kier alpha value is -2.04. The molecule has 5 heteroatoms. The van der Waals surface area contributed by atoms with Gasteiger partial charge in [-0.2, -0.15) is 0 Å². The smallest absolute Gasteiger partial charge is 0.206 e. The van der Waals surface area contributed by atoms with Crippen LogP contribution in [0.15, 0.2) is 53.5 Å². The molecule has 0 fully saturated rings. The Balaban J connectivity index is 1.94. The maximum Gasteiger partial charge on any atom is 0.206 e. The lowest BCUT2D eigenvalue weighted by Crippen LogP contribution is -2.46. The number of nitrogens with two attached hydrogens (primary N) is 1. The van der Waals surface area contributed by atoms with Crippen molar-refractivity contribution in [3.63, 3.8) is 0 Å². The van der Waals surface area contributed by atoms with Gasteiger partial charge in [0.25, 0.3) is 0 Å². The topological polar surface area (TPSA) is 62.4 Å². The molecule has 0 aliphatic carbocycles. The van der Waals surface area contributed by atoms with E-state index < -0.39 is 0 Å². The number of hydrogen-bond donors (Lipinski definition) is 3. The average molecular weight is 315 g/mol. The summed E-state index contributed by atoms with van der Waals surface area (Å²) < 4.78 is 0. The zero-order chi connectivity index (χ0) is 15.5. The predicted molar refractivity (Wildman–Crippen MR) is 90.6 cm³/mol. The first kappa shape index (κ1) is 14.9. The summed E-state index contributed by atoms with van der Waals surface area (Å²) in [6.45, 7) is 2.09. The SMILES string of the molecule is Cc1cccc(C2CC(c3ccccc3Cl)NC(NN)=N2)c1. The van der Waals surface area contributed by atoms with Crippen LogP contribution in [-0.2, 0) is 0 Å². The highest BCUT2D eigenvalue weighted by Gasteiger charge is 2.26. The van der Waals surface area contributed by atoms with Gasteiger partial charge in [0.15, 0.2) is 0 Å². The van der Waals surface area contributed by atoms with Crippen LogP contribution in [0.5, 0.6) is 0 Å². The highest BCUT2D eigenvalue weighted by atomic mass is 35.5. The van der Waals surface area contributed by atoms with Crippen molar-refractivity contribution in [1.82, 2.24) is 10.7 Å². The first-order chi connectivity index (χ1) is 10.7. The number of hydrazine groups is 1. The normalized spacial score (nSPS) is 21.0. The summed E-state index contributed by atoms with van der Waals surface area (Å²) in [5.41, 5.74) is 6.10. The highest BCUT2D eigenvalue weighted by Crippen LogP contribution is 2.35. The molecule has 0 amide bonds. The van der Waals surface area contributed by atoms with E-state index >= 15 is 0 Å². The number of hydrogen-bond acceptors (Lipinski definition) is 4. The Morgan fingerprint density at radius 1 is 1.23 bits per heavy atom. The molecule has 0 spiro atoms. The van der Waals surface area contributed by atoms with Gasteiger partial charge in [0.05, 0.1) is 12.1 Å². The molecular formula is C17H19ClN4. The molecule has 4 N–H and O–H groups in total. The van der Waals surface area contributed by atoms with Crippen molar-refractivity contribution >= 4 is 17.6 Å². The molecule has 1 aliphatic heterocycles. The summed E-state index contributed by atoms with van der Waals surface area (Å²) in [6, 6.07) is 16.4. The number of aliphatic imine (C=N–C) groups is 1. The summed E-state index contributed by atoms with van der Waals surface area (Å²) in [6.07, 6.45) is 0.832. The minimum absolute atomic E-state index is 0.0495. The number of aryl methyl sites for hydroxylation is 1. The van der Waals surface area contributed by atoms with Gasteiger partial charge in [-0.15, -0.1) is 0 Å². The van der Waals surface area contributed by atoms with Crippen molar-refractivity contribution in [2.45, 2.75) is 25.4 Å². The van der Waals surface area contributed by atoms with Crippen molar-refractivity contribution < 1.29 is 0 Å². The molecule has 2 atom stereocenters. The summed E-state index contributed by atoms with van der Waals surface area (Å²) >= 11 is 6.34. The minimum atomic E-state index is 0.0495.